The van der Waals surface area contributed by atoms with E-state index in [0.717, 1.165) is 25.7 Å². The number of hydrogen-bond acceptors (Lipinski definition) is 5. The molecule has 1 saturated carbocycles. The van der Waals surface area contributed by atoms with Crippen molar-refractivity contribution >= 4 is 15.7 Å². The molecule has 21 heavy (non-hydrogen) atoms. The molecule has 2 rings (SSSR count). The van der Waals surface area contributed by atoms with Crippen LogP contribution in [0.3, 0.4) is 0 Å². The van der Waals surface area contributed by atoms with E-state index < -0.39 is 21.5 Å². The van der Waals surface area contributed by atoms with Gasteiger partial charge in [-0.25, -0.2) is 13.4 Å². The maximum absolute atomic E-state index is 12.0. The van der Waals surface area contributed by atoms with Crippen molar-refractivity contribution in [1.29, 1.82) is 0 Å². The van der Waals surface area contributed by atoms with Gasteiger partial charge in [0.25, 0.3) is 0 Å². The van der Waals surface area contributed by atoms with Crippen LogP contribution in [0.5, 0.6) is 0 Å². The molecular formula is C14H22N2O4S. The highest BCUT2D eigenvalue weighted by atomic mass is 32.2. The number of carbonyl (C=O) groups excluding carboxylic acids is 1. The van der Waals surface area contributed by atoms with Crippen LogP contribution < -0.4 is 5.32 Å². The summed E-state index contributed by atoms with van der Waals surface area (Å²) in [7, 11) is -3.56. The number of sulfone groups is 1. The topological polar surface area (TPSA) is 89.3 Å². The van der Waals surface area contributed by atoms with Gasteiger partial charge in [0.05, 0.1) is 6.20 Å². The Hall–Kier alpha value is -1.37. The molecule has 1 aromatic rings. The lowest BCUT2D eigenvalue weighted by Gasteiger charge is -2.11. The van der Waals surface area contributed by atoms with Gasteiger partial charge in [-0.1, -0.05) is 26.7 Å². The standard InChI is InChI=1S/C14H22N2O4S/c1-10(2)12-7-15-14(20-12)9-21(18,19)8-13(17)16-11-5-3-4-6-11/h7,10-11H,3-6,8-9H2,1-2H3,(H,16,17). The molecule has 0 radical (unpaired) electrons. The third-order valence-electron chi connectivity index (χ3n) is 3.56. The molecule has 1 N–H and O–H groups in total. The van der Waals surface area contributed by atoms with Crippen molar-refractivity contribution in [2.75, 3.05) is 5.75 Å². The maximum Gasteiger partial charge on any atom is 0.235 e. The van der Waals surface area contributed by atoms with Gasteiger partial charge in [0.15, 0.2) is 9.84 Å². The monoisotopic (exact) mass is 314 g/mol. The van der Waals surface area contributed by atoms with Crippen molar-refractivity contribution < 1.29 is 17.6 Å². The van der Waals surface area contributed by atoms with Gasteiger partial charge in [0.2, 0.25) is 11.8 Å². The average Bonchev–Trinajstić information content (AvgIpc) is 2.98. The van der Waals surface area contributed by atoms with Crippen LogP contribution in [0.4, 0.5) is 0 Å². The van der Waals surface area contributed by atoms with Crippen molar-refractivity contribution in [1.82, 2.24) is 10.3 Å². The van der Waals surface area contributed by atoms with Crippen molar-refractivity contribution in [3.8, 4) is 0 Å². The Labute approximate surface area is 125 Å². The molecule has 0 aromatic carbocycles. The van der Waals surface area contributed by atoms with Crippen molar-refractivity contribution in [3.05, 3.63) is 17.8 Å². The molecule has 1 fully saturated rings. The van der Waals surface area contributed by atoms with Crippen LogP contribution >= 0.6 is 0 Å². The predicted octanol–water partition coefficient (Wildman–Crippen LogP) is 1.77. The van der Waals surface area contributed by atoms with E-state index in [0.29, 0.717) is 5.76 Å². The largest absolute Gasteiger partial charge is 0.444 e. The van der Waals surface area contributed by atoms with Crippen LogP contribution in [0, 0.1) is 0 Å². The molecule has 0 unspecified atom stereocenters. The molecule has 1 aromatic heterocycles. The Bertz CT molecular complexity index is 586. The van der Waals surface area contributed by atoms with E-state index in [1.807, 2.05) is 13.8 Å². The number of rotatable bonds is 6. The van der Waals surface area contributed by atoms with E-state index in [1.54, 1.807) is 0 Å². The Morgan fingerprint density at radius 3 is 2.67 bits per heavy atom. The van der Waals surface area contributed by atoms with Gasteiger partial charge in [-0.05, 0) is 12.8 Å². The molecule has 0 bridgehead atoms. The fourth-order valence-electron chi connectivity index (χ4n) is 2.44. The quantitative estimate of drug-likeness (QED) is 0.864. The number of aromatic nitrogens is 1. The van der Waals surface area contributed by atoms with Crippen LogP contribution in [-0.2, 0) is 20.4 Å². The zero-order chi connectivity index (χ0) is 15.5. The number of nitrogens with zero attached hydrogens (tertiary/aromatic N) is 1. The van der Waals surface area contributed by atoms with E-state index >= 15 is 0 Å². The van der Waals surface area contributed by atoms with Crippen molar-refractivity contribution in [2.45, 2.75) is 57.2 Å². The normalized spacial score (nSPS) is 16.5. The second-order valence-electron chi connectivity index (χ2n) is 5.89. The number of hydrogen-bond donors (Lipinski definition) is 1. The molecule has 0 spiro atoms. The van der Waals surface area contributed by atoms with Gasteiger partial charge >= 0.3 is 0 Å². The summed E-state index contributed by atoms with van der Waals surface area (Å²) in [5.41, 5.74) is 0. The lowest BCUT2D eigenvalue weighted by atomic mass is 10.2. The number of carbonyl (C=O) groups is 1. The summed E-state index contributed by atoms with van der Waals surface area (Å²) in [5, 5.41) is 2.78. The van der Waals surface area contributed by atoms with Crippen molar-refractivity contribution in [3.63, 3.8) is 0 Å². The molecule has 118 valence electrons. The first-order chi connectivity index (χ1) is 9.85. The molecule has 6 nitrogen and oxygen atoms in total. The second-order valence-corrected chi connectivity index (χ2v) is 7.96. The molecule has 1 aliphatic rings. The van der Waals surface area contributed by atoms with Crippen molar-refractivity contribution in [2.24, 2.45) is 0 Å². The summed E-state index contributed by atoms with van der Waals surface area (Å²) in [6.45, 7) is 3.88. The fourth-order valence-corrected chi connectivity index (χ4v) is 3.53. The molecule has 0 saturated heterocycles. The summed E-state index contributed by atoms with van der Waals surface area (Å²) < 4.78 is 29.4. The Morgan fingerprint density at radius 2 is 2.10 bits per heavy atom. The molecule has 7 heteroatoms. The van der Waals surface area contributed by atoms with Crippen LogP contribution in [0.25, 0.3) is 0 Å². The maximum atomic E-state index is 12.0. The summed E-state index contributed by atoms with van der Waals surface area (Å²) in [5.74, 6) is -0.333. The van der Waals surface area contributed by atoms with Gasteiger partial charge in [-0.3, -0.25) is 4.79 Å². The van der Waals surface area contributed by atoms with E-state index in [1.165, 1.54) is 6.20 Å². The first kappa shape index (κ1) is 16.0. The van der Waals surface area contributed by atoms with E-state index in [9.17, 15) is 13.2 Å². The lowest BCUT2D eigenvalue weighted by Crippen LogP contribution is -2.37. The van der Waals surface area contributed by atoms with Gasteiger partial charge in [0.1, 0.15) is 17.3 Å². The molecule has 1 heterocycles. The third kappa shape index (κ3) is 4.84. The first-order valence-electron chi connectivity index (χ1n) is 7.30. The smallest absolute Gasteiger partial charge is 0.235 e. The zero-order valence-electron chi connectivity index (χ0n) is 12.5. The minimum absolute atomic E-state index is 0.127. The summed E-state index contributed by atoms with van der Waals surface area (Å²) in [6, 6.07) is 0.127. The molecule has 0 aliphatic heterocycles. The van der Waals surface area contributed by atoms with Gasteiger partial charge < -0.3 is 9.73 Å². The Balaban J connectivity index is 1.89. The Kier molecular flexibility index (Phi) is 5.03. The van der Waals surface area contributed by atoms with Gasteiger partial charge in [-0.2, -0.15) is 0 Å². The van der Waals surface area contributed by atoms with Gasteiger partial charge in [0, 0.05) is 12.0 Å². The SMILES string of the molecule is CC(C)c1cnc(CS(=O)(=O)CC(=O)NC2CCCC2)o1. The number of amides is 1. The first-order valence-corrected chi connectivity index (χ1v) is 9.12. The predicted molar refractivity (Wildman–Crippen MR) is 78.5 cm³/mol. The minimum Gasteiger partial charge on any atom is -0.444 e. The number of oxazole rings is 1. The van der Waals surface area contributed by atoms with Crippen LogP contribution in [-0.4, -0.2) is 31.1 Å². The zero-order valence-corrected chi connectivity index (χ0v) is 13.3. The molecule has 1 amide bonds. The highest BCUT2D eigenvalue weighted by Gasteiger charge is 2.23. The second kappa shape index (κ2) is 6.60. The van der Waals surface area contributed by atoms with Gasteiger partial charge in [-0.15, -0.1) is 0 Å². The lowest BCUT2D eigenvalue weighted by molar-refractivity contribution is -0.119. The summed E-state index contributed by atoms with van der Waals surface area (Å²) in [6.07, 6.45) is 5.58. The third-order valence-corrected chi connectivity index (χ3v) is 4.94. The average molecular weight is 314 g/mol. The van der Waals surface area contributed by atoms with Crippen LogP contribution in [0.1, 0.15) is 57.1 Å². The molecule has 0 atom stereocenters. The number of nitrogens with one attached hydrogen (secondary N) is 1. The van der Waals surface area contributed by atoms with E-state index in [-0.39, 0.29) is 23.6 Å². The van der Waals surface area contributed by atoms with E-state index in [4.69, 9.17) is 4.42 Å². The molecule has 1 aliphatic carbocycles. The Morgan fingerprint density at radius 1 is 1.43 bits per heavy atom. The minimum atomic E-state index is -3.56. The molecular weight excluding hydrogens is 292 g/mol. The highest BCUT2D eigenvalue weighted by molar-refractivity contribution is 7.91. The van der Waals surface area contributed by atoms with Crippen LogP contribution in [0.2, 0.25) is 0 Å². The van der Waals surface area contributed by atoms with E-state index in [2.05, 4.69) is 10.3 Å². The fraction of sp³-hybridized carbons (Fsp3) is 0.714. The summed E-state index contributed by atoms with van der Waals surface area (Å²) in [4.78, 5) is 15.7. The summed E-state index contributed by atoms with van der Waals surface area (Å²) >= 11 is 0. The highest BCUT2D eigenvalue weighted by Crippen LogP contribution is 2.18. The van der Waals surface area contributed by atoms with Crippen LogP contribution in [0.15, 0.2) is 10.6 Å².